The molecule has 1 atom stereocenters. The largest absolute Gasteiger partial charge is 0.469 e. The van der Waals surface area contributed by atoms with E-state index in [1.165, 1.54) is 19.2 Å². The zero-order chi connectivity index (χ0) is 24.3. The van der Waals surface area contributed by atoms with E-state index < -0.39 is 11.7 Å². The molecule has 0 saturated heterocycles. The predicted molar refractivity (Wildman–Crippen MR) is 117 cm³/mol. The van der Waals surface area contributed by atoms with Crippen LogP contribution in [0.1, 0.15) is 53.4 Å². The molecule has 178 valence electrons. The highest BCUT2D eigenvalue weighted by Crippen LogP contribution is 2.72. The number of alkyl halides is 3. The van der Waals surface area contributed by atoms with Crippen molar-refractivity contribution < 1.29 is 27.5 Å². The van der Waals surface area contributed by atoms with E-state index in [0.717, 1.165) is 30.5 Å². The lowest BCUT2D eigenvalue weighted by molar-refractivity contribution is -0.223. The van der Waals surface area contributed by atoms with Gasteiger partial charge >= 0.3 is 12.1 Å². The number of pyridine rings is 1. The Bertz CT molecular complexity index is 1270. The van der Waals surface area contributed by atoms with Gasteiger partial charge in [0, 0.05) is 11.7 Å². The van der Waals surface area contributed by atoms with Crippen molar-refractivity contribution >= 4 is 17.4 Å². The Morgan fingerprint density at radius 1 is 1.21 bits per heavy atom. The number of nitrogens with zero attached hydrogens (tertiary/aromatic N) is 2. The van der Waals surface area contributed by atoms with Crippen LogP contribution in [-0.4, -0.2) is 33.9 Å². The first-order chi connectivity index (χ1) is 16.1. The number of carbonyl (C=O) groups excluding carboxylic acids is 2. The van der Waals surface area contributed by atoms with Crippen LogP contribution in [0.15, 0.2) is 48.9 Å². The van der Waals surface area contributed by atoms with Gasteiger partial charge in [-0.15, -0.1) is 0 Å². The van der Waals surface area contributed by atoms with Gasteiger partial charge in [-0.1, -0.05) is 25.1 Å². The van der Waals surface area contributed by atoms with Gasteiger partial charge in [-0.25, -0.2) is 4.98 Å². The third kappa shape index (κ3) is 3.45. The molecule has 2 bridgehead atoms. The van der Waals surface area contributed by atoms with Gasteiger partial charge in [0.2, 0.25) is 0 Å². The van der Waals surface area contributed by atoms with Crippen LogP contribution in [0.5, 0.6) is 0 Å². The Hall–Kier alpha value is -3.36. The molecule has 6 nitrogen and oxygen atoms in total. The molecule has 0 unspecified atom stereocenters. The van der Waals surface area contributed by atoms with Crippen molar-refractivity contribution in [2.45, 2.75) is 44.3 Å². The molecule has 1 N–H and O–H groups in total. The lowest BCUT2D eigenvalue weighted by Gasteiger charge is -2.75. The summed E-state index contributed by atoms with van der Waals surface area (Å²) in [4.78, 5) is 29.3. The van der Waals surface area contributed by atoms with Crippen molar-refractivity contribution in [1.29, 1.82) is 0 Å². The van der Waals surface area contributed by atoms with E-state index in [2.05, 4.69) is 10.3 Å². The number of fused-ring (bicyclic) bond motifs is 1. The topological polar surface area (TPSA) is 72.7 Å². The summed E-state index contributed by atoms with van der Waals surface area (Å²) in [5.74, 6) is -0.372. The van der Waals surface area contributed by atoms with Crippen LogP contribution >= 0.6 is 0 Å². The highest BCUT2D eigenvalue weighted by Gasteiger charge is 2.74. The second-order valence-corrected chi connectivity index (χ2v) is 9.55. The summed E-state index contributed by atoms with van der Waals surface area (Å²) in [7, 11) is 1.38. The minimum Gasteiger partial charge on any atom is -0.469 e. The molecule has 3 aliphatic carbocycles. The standard InChI is InChI=1S/C25H24F3N3O3/c1-15-23(11-19(32)34-2)12-24(15,13-23)30-22(33)20-21-17(4-3-9-31(21)14-29-20)10-16-5-7-18(8-6-16)25(26,27)28/h3-9,14-15H,10-13H2,1-2H3,(H,30,33)/t15-,23?,24?/m0/s1. The normalized spacial score (nSPS) is 25.4. The molecule has 2 aromatic heterocycles. The first-order valence-corrected chi connectivity index (χ1v) is 11.1. The number of halogens is 3. The lowest BCUT2D eigenvalue weighted by atomic mass is 9.32. The van der Waals surface area contributed by atoms with Crippen LogP contribution in [-0.2, 0) is 22.1 Å². The molecule has 1 aromatic carbocycles. The third-order valence-corrected chi connectivity index (χ3v) is 7.70. The molecule has 1 amide bonds. The number of hydrogen-bond donors (Lipinski definition) is 1. The molecule has 9 heteroatoms. The SMILES string of the molecule is COC(=O)CC12CC(NC(=O)c3ncn4cccc(Cc5ccc(C(F)(F)F)cc5)c34)(C1)[C@H]2C. The number of carbonyl (C=O) groups is 2. The van der Waals surface area contributed by atoms with Gasteiger partial charge in [-0.3, -0.25) is 9.59 Å². The van der Waals surface area contributed by atoms with Crippen LogP contribution in [0.3, 0.4) is 0 Å². The molecule has 3 aromatic rings. The number of methoxy groups -OCH3 is 1. The Labute approximate surface area is 194 Å². The highest BCUT2D eigenvalue weighted by atomic mass is 19.4. The number of aromatic nitrogens is 2. The van der Waals surface area contributed by atoms with Crippen LogP contribution < -0.4 is 5.32 Å². The quantitative estimate of drug-likeness (QED) is 0.541. The molecule has 0 aliphatic heterocycles. The summed E-state index contributed by atoms with van der Waals surface area (Å²) in [5, 5.41) is 3.14. The Morgan fingerprint density at radius 2 is 1.91 bits per heavy atom. The molecule has 2 heterocycles. The lowest BCUT2D eigenvalue weighted by Crippen LogP contribution is -2.81. The summed E-state index contributed by atoms with van der Waals surface area (Å²) >= 11 is 0. The number of amides is 1. The average molecular weight is 471 g/mol. The summed E-state index contributed by atoms with van der Waals surface area (Å²) in [5.41, 5.74) is 1.25. The summed E-state index contributed by atoms with van der Waals surface area (Å²) in [6.45, 7) is 2.04. The Balaban J connectivity index is 1.35. The van der Waals surface area contributed by atoms with Crippen LogP contribution in [0.2, 0.25) is 0 Å². The van der Waals surface area contributed by atoms with E-state index in [4.69, 9.17) is 4.74 Å². The van der Waals surface area contributed by atoms with Gasteiger partial charge in [0.25, 0.3) is 5.91 Å². The highest BCUT2D eigenvalue weighted by molar-refractivity contribution is 6.00. The van der Waals surface area contributed by atoms with Gasteiger partial charge in [0.1, 0.15) is 6.33 Å². The average Bonchev–Trinajstić information content (AvgIpc) is 3.23. The Kier molecular flexibility index (Phi) is 5.00. The Morgan fingerprint density at radius 3 is 2.53 bits per heavy atom. The third-order valence-electron chi connectivity index (χ3n) is 7.70. The minimum atomic E-state index is -4.39. The summed E-state index contributed by atoms with van der Waals surface area (Å²) in [6, 6.07) is 8.69. The number of hydrogen-bond acceptors (Lipinski definition) is 4. The van der Waals surface area contributed by atoms with Crippen molar-refractivity contribution in [3.63, 3.8) is 0 Å². The predicted octanol–water partition coefficient (Wildman–Crippen LogP) is 4.41. The zero-order valence-electron chi connectivity index (χ0n) is 18.8. The van der Waals surface area contributed by atoms with Crippen molar-refractivity contribution in [2.24, 2.45) is 11.3 Å². The smallest absolute Gasteiger partial charge is 0.416 e. The second-order valence-electron chi connectivity index (χ2n) is 9.55. The second kappa shape index (κ2) is 7.58. The van der Waals surface area contributed by atoms with E-state index in [1.54, 1.807) is 16.9 Å². The fourth-order valence-electron chi connectivity index (χ4n) is 5.72. The fourth-order valence-corrected chi connectivity index (χ4v) is 5.72. The summed E-state index contributed by atoms with van der Waals surface area (Å²) < 4.78 is 45.2. The van der Waals surface area contributed by atoms with Gasteiger partial charge in [-0.2, -0.15) is 13.2 Å². The van der Waals surface area contributed by atoms with Crippen molar-refractivity contribution in [2.75, 3.05) is 7.11 Å². The minimum absolute atomic E-state index is 0.107. The fraction of sp³-hybridized carbons (Fsp3) is 0.400. The molecule has 3 aliphatic rings. The monoisotopic (exact) mass is 471 g/mol. The van der Waals surface area contributed by atoms with Crippen molar-refractivity contribution in [1.82, 2.24) is 14.7 Å². The van der Waals surface area contributed by atoms with E-state index >= 15 is 0 Å². The summed E-state index contributed by atoms with van der Waals surface area (Å²) in [6.07, 6.45) is 1.13. The van der Waals surface area contributed by atoms with Crippen LogP contribution in [0, 0.1) is 11.3 Å². The maximum absolute atomic E-state index is 13.2. The van der Waals surface area contributed by atoms with E-state index in [1.807, 2.05) is 19.1 Å². The molecule has 6 rings (SSSR count). The maximum atomic E-state index is 13.2. The number of rotatable bonds is 6. The molecular weight excluding hydrogens is 447 g/mol. The number of esters is 1. The van der Waals surface area contributed by atoms with Crippen LogP contribution in [0.4, 0.5) is 13.2 Å². The number of nitrogens with one attached hydrogen (secondary N) is 1. The maximum Gasteiger partial charge on any atom is 0.416 e. The van der Waals surface area contributed by atoms with Gasteiger partial charge in [0.05, 0.1) is 24.6 Å². The van der Waals surface area contributed by atoms with E-state index in [-0.39, 0.29) is 34.4 Å². The van der Waals surface area contributed by atoms with E-state index in [0.29, 0.717) is 23.9 Å². The van der Waals surface area contributed by atoms with E-state index in [9.17, 15) is 22.8 Å². The first-order valence-electron chi connectivity index (χ1n) is 11.1. The van der Waals surface area contributed by atoms with Crippen molar-refractivity contribution in [3.8, 4) is 0 Å². The van der Waals surface area contributed by atoms with Crippen LogP contribution in [0.25, 0.3) is 5.52 Å². The van der Waals surface area contributed by atoms with Crippen molar-refractivity contribution in [3.05, 3.63) is 71.3 Å². The molecule has 3 fully saturated rings. The first kappa shape index (κ1) is 22.4. The van der Waals surface area contributed by atoms with Gasteiger partial charge in [-0.05, 0) is 59.9 Å². The molecule has 0 radical (unpaired) electrons. The van der Waals surface area contributed by atoms with Gasteiger partial charge < -0.3 is 14.5 Å². The number of ether oxygens (including phenoxy) is 1. The van der Waals surface area contributed by atoms with Gasteiger partial charge in [0.15, 0.2) is 5.69 Å². The number of imidazole rings is 1. The zero-order valence-corrected chi connectivity index (χ0v) is 18.8. The molecular formula is C25H24F3N3O3. The molecule has 34 heavy (non-hydrogen) atoms. The molecule has 3 saturated carbocycles. The number of benzene rings is 1. The molecule has 0 spiro atoms.